The number of aromatic nitrogens is 2. The van der Waals surface area contributed by atoms with Crippen LogP contribution in [0.3, 0.4) is 0 Å². The van der Waals surface area contributed by atoms with Crippen molar-refractivity contribution in [1.82, 2.24) is 9.97 Å². The number of aryl methyl sites for hydroxylation is 1. The smallest absolute Gasteiger partial charge is 0.212 e. The maximum Gasteiger partial charge on any atom is 0.212 e. The summed E-state index contributed by atoms with van der Waals surface area (Å²) in [4.78, 5) is 31.9. The van der Waals surface area contributed by atoms with E-state index in [0.717, 1.165) is 17.2 Å². The number of hydrogen-bond acceptors (Lipinski definition) is 4. The number of ketones is 1. The molecule has 0 N–H and O–H groups in total. The predicted molar refractivity (Wildman–Crippen MR) is 79.5 cm³/mol. The topological polar surface area (TPSA) is 59.9 Å². The molecule has 0 atom stereocenters. The summed E-state index contributed by atoms with van der Waals surface area (Å²) in [6.07, 6.45) is 0.749. The Bertz CT molecular complexity index is 839. The molecule has 2 aromatic carbocycles. The van der Waals surface area contributed by atoms with E-state index < -0.39 is 0 Å². The maximum atomic E-state index is 12.6. The molecule has 0 spiro atoms. The molecule has 0 saturated carbocycles. The lowest BCUT2D eigenvalue weighted by molar-refractivity contribution is 0.103. The van der Waals surface area contributed by atoms with Gasteiger partial charge in [-0.15, -0.1) is 0 Å². The van der Waals surface area contributed by atoms with Crippen molar-refractivity contribution in [2.24, 2.45) is 0 Å². The summed E-state index contributed by atoms with van der Waals surface area (Å²) in [5.74, 6) is 0.385. The molecule has 1 heterocycles. The molecule has 0 fully saturated rings. The number of carbonyl (C=O) groups excluding carboxylic acids is 2. The normalized spacial score (nSPS) is 10.5. The van der Waals surface area contributed by atoms with Gasteiger partial charge in [0.2, 0.25) is 5.78 Å². The standard InChI is InChI=1S/C17H12N2O2/c1-11-18-15-5-3-2-4-14(15)16(19-11)17(21)13-8-6-12(10-20)7-9-13/h2-10H,1H3. The summed E-state index contributed by atoms with van der Waals surface area (Å²) in [5, 5.41) is 0.729. The Morgan fingerprint density at radius 3 is 2.43 bits per heavy atom. The fourth-order valence-corrected chi connectivity index (χ4v) is 2.22. The van der Waals surface area contributed by atoms with E-state index in [1.165, 1.54) is 0 Å². The van der Waals surface area contributed by atoms with Gasteiger partial charge in [0, 0.05) is 16.5 Å². The molecule has 3 rings (SSSR count). The zero-order valence-corrected chi connectivity index (χ0v) is 11.4. The Labute approximate surface area is 121 Å². The van der Waals surface area contributed by atoms with E-state index in [9.17, 15) is 9.59 Å². The quantitative estimate of drug-likeness (QED) is 0.545. The molecule has 0 unspecified atom stereocenters. The summed E-state index contributed by atoms with van der Waals surface area (Å²) < 4.78 is 0. The molecule has 0 aliphatic heterocycles. The van der Waals surface area contributed by atoms with Crippen LogP contribution in [0.25, 0.3) is 10.9 Å². The molecule has 0 amide bonds. The van der Waals surface area contributed by atoms with Gasteiger partial charge in [-0.05, 0) is 13.0 Å². The van der Waals surface area contributed by atoms with Crippen molar-refractivity contribution in [3.63, 3.8) is 0 Å². The highest BCUT2D eigenvalue weighted by Crippen LogP contribution is 2.19. The van der Waals surface area contributed by atoms with E-state index in [1.807, 2.05) is 24.3 Å². The fourth-order valence-electron chi connectivity index (χ4n) is 2.22. The lowest BCUT2D eigenvalue weighted by Crippen LogP contribution is -2.07. The van der Waals surface area contributed by atoms with Crippen molar-refractivity contribution < 1.29 is 9.59 Å². The van der Waals surface area contributed by atoms with Gasteiger partial charge in [-0.3, -0.25) is 9.59 Å². The van der Waals surface area contributed by atoms with Crippen LogP contribution in [0, 0.1) is 6.92 Å². The molecule has 4 nitrogen and oxygen atoms in total. The molecule has 0 radical (unpaired) electrons. The van der Waals surface area contributed by atoms with Crippen LogP contribution in [0.2, 0.25) is 0 Å². The summed E-state index contributed by atoms with van der Waals surface area (Å²) in [5.41, 5.74) is 2.17. The Kier molecular flexibility index (Phi) is 3.28. The number of para-hydroxylation sites is 1. The van der Waals surface area contributed by atoms with Crippen molar-refractivity contribution in [3.8, 4) is 0 Å². The van der Waals surface area contributed by atoms with Crippen LogP contribution >= 0.6 is 0 Å². The Hall–Kier alpha value is -2.88. The third-order valence-electron chi connectivity index (χ3n) is 3.24. The molecule has 102 valence electrons. The number of carbonyl (C=O) groups is 2. The Morgan fingerprint density at radius 1 is 1.00 bits per heavy atom. The summed E-state index contributed by atoms with van der Waals surface area (Å²) in [7, 11) is 0. The van der Waals surface area contributed by atoms with Crippen LogP contribution in [0.5, 0.6) is 0 Å². The van der Waals surface area contributed by atoms with Crippen molar-refractivity contribution in [2.45, 2.75) is 6.92 Å². The van der Waals surface area contributed by atoms with Gasteiger partial charge in [-0.2, -0.15) is 0 Å². The van der Waals surface area contributed by atoms with Crippen LogP contribution < -0.4 is 0 Å². The number of aldehydes is 1. The maximum absolute atomic E-state index is 12.6. The third-order valence-corrected chi connectivity index (χ3v) is 3.24. The summed E-state index contributed by atoms with van der Waals surface area (Å²) in [6, 6.07) is 13.9. The zero-order chi connectivity index (χ0) is 14.8. The summed E-state index contributed by atoms with van der Waals surface area (Å²) in [6.45, 7) is 1.76. The lowest BCUT2D eigenvalue weighted by Gasteiger charge is -2.06. The van der Waals surface area contributed by atoms with Gasteiger partial charge in [0.1, 0.15) is 17.8 Å². The average Bonchev–Trinajstić information content (AvgIpc) is 2.53. The monoisotopic (exact) mass is 276 g/mol. The highest BCUT2D eigenvalue weighted by atomic mass is 16.1. The highest BCUT2D eigenvalue weighted by Gasteiger charge is 2.15. The van der Waals surface area contributed by atoms with Crippen LogP contribution in [0.1, 0.15) is 32.2 Å². The lowest BCUT2D eigenvalue weighted by atomic mass is 10.0. The average molecular weight is 276 g/mol. The van der Waals surface area contributed by atoms with E-state index >= 15 is 0 Å². The Morgan fingerprint density at radius 2 is 1.71 bits per heavy atom. The molecule has 21 heavy (non-hydrogen) atoms. The zero-order valence-electron chi connectivity index (χ0n) is 11.4. The Balaban J connectivity index is 2.14. The van der Waals surface area contributed by atoms with Gasteiger partial charge in [0.15, 0.2) is 0 Å². The van der Waals surface area contributed by atoms with Gasteiger partial charge < -0.3 is 0 Å². The first-order chi connectivity index (χ1) is 10.2. The van der Waals surface area contributed by atoms with Crippen LogP contribution in [0.4, 0.5) is 0 Å². The van der Waals surface area contributed by atoms with Crippen molar-refractivity contribution in [2.75, 3.05) is 0 Å². The molecule has 0 aliphatic carbocycles. The number of benzene rings is 2. The second-order valence-corrected chi connectivity index (χ2v) is 4.71. The first-order valence-electron chi connectivity index (χ1n) is 6.52. The molecular formula is C17H12N2O2. The molecule has 1 aromatic heterocycles. The minimum absolute atomic E-state index is 0.172. The van der Waals surface area contributed by atoms with Gasteiger partial charge in [0.25, 0.3) is 0 Å². The van der Waals surface area contributed by atoms with E-state index in [-0.39, 0.29) is 5.78 Å². The minimum Gasteiger partial charge on any atom is -0.298 e. The molecule has 4 heteroatoms. The SMILES string of the molecule is Cc1nc(C(=O)c2ccc(C=O)cc2)c2ccccc2n1. The van der Waals surface area contributed by atoms with Crippen molar-refractivity contribution in [1.29, 1.82) is 0 Å². The van der Waals surface area contributed by atoms with E-state index in [0.29, 0.717) is 22.6 Å². The minimum atomic E-state index is -0.172. The van der Waals surface area contributed by atoms with Crippen LogP contribution in [-0.4, -0.2) is 22.0 Å². The number of hydrogen-bond donors (Lipinski definition) is 0. The molecule has 0 bridgehead atoms. The second kappa shape index (κ2) is 5.25. The number of rotatable bonds is 3. The fraction of sp³-hybridized carbons (Fsp3) is 0.0588. The van der Waals surface area contributed by atoms with Gasteiger partial charge in [-0.25, -0.2) is 9.97 Å². The van der Waals surface area contributed by atoms with E-state index in [1.54, 1.807) is 31.2 Å². The second-order valence-electron chi connectivity index (χ2n) is 4.71. The van der Waals surface area contributed by atoms with Crippen LogP contribution in [0.15, 0.2) is 48.5 Å². The first kappa shape index (κ1) is 13.1. The van der Waals surface area contributed by atoms with Gasteiger partial charge in [0.05, 0.1) is 5.52 Å². The van der Waals surface area contributed by atoms with E-state index in [2.05, 4.69) is 9.97 Å². The van der Waals surface area contributed by atoms with E-state index in [4.69, 9.17) is 0 Å². The molecule has 0 aliphatic rings. The molecule has 0 saturated heterocycles. The predicted octanol–water partition coefficient (Wildman–Crippen LogP) is 2.98. The number of nitrogens with zero attached hydrogens (tertiary/aromatic N) is 2. The third kappa shape index (κ3) is 2.43. The van der Waals surface area contributed by atoms with Crippen molar-refractivity contribution >= 4 is 23.0 Å². The van der Waals surface area contributed by atoms with Gasteiger partial charge >= 0.3 is 0 Å². The number of fused-ring (bicyclic) bond motifs is 1. The first-order valence-corrected chi connectivity index (χ1v) is 6.52. The summed E-state index contributed by atoms with van der Waals surface area (Å²) >= 11 is 0. The van der Waals surface area contributed by atoms with Crippen molar-refractivity contribution in [3.05, 3.63) is 71.2 Å². The highest BCUT2D eigenvalue weighted by molar-refractivity contribution is 6.14. The molecular weight excluding hydrogens is 264 g/mol. The van der Waals surface area contributed by atoms with Gasteiger partial charge in [-0.1, -0.05) is 42.5 Å². The largest absolute Gasteiger partial charge is 0.298 e. The van der Waals surface area contributed by atoms with Crippen LogP contribution in [-0.2, 0) is 0 Å². The molecule has 3 aromatic rings.